The molecule has 0 amide bonds. The van der Waals surface area contributed by atoms with E-state index in [1.807, 2.05) is 25.2 Å². The highest BCUT2D eigenvalue weighted by molar-refractivity contribution is 6.32. The molecule has 0 spiro atoms. The molecule has 0 atom stereocenters. The first-order valence-electron chi connectivity index (χ1n) is 6.98. The van der Waals surface area contributed by atoms with E-state index in [4.69, 9.17) is 30.5 Å². The van der Waals surface area contributed by atoms with Gasteiger partial charge >= 0.3 is 0 Å². The van der Waals surface area contributed by atoms with Crippen molar-refractivity contribution in [3.63, 3.8) is 0 Å². The molecule has 1 aromatic carbocycles. The maximum absolute atomic E-state index is 6.15. The smallest absolute Gasteiger partial charge is 0.138 e. The van der Waals surface area contributed by atoms with Crippen LogP contribution >= 0.6 is 11.6 Å². The van der Waals surface area contributed by atoms with Gasteiger partial charge in [-0.25, -0.2) is 0 Å². The van der Waals surface area contributed by atoms with E-state index >= 15 is 0 Å². The van der Waals surface area contributed by atoms with Gasteiger partial charge in [-0.05, 0) is 24.7 Å². The van der Waals surface area contributed by atoms with Crippen LogP contribution in [0.4, 0.5) is 0 Å². The van der Waals surface area contributed by atoms with Crippen molar-refractivity contribution >= 4 is 11.6 Å². The van der Waals surface area contributed by atoms with Gasteiger partial charge in [-0.3, -0.25) is 0 Å². The Morgan fingerprint density at radius 2 is 1.67 bits per heavy atom. The summed E-state index contributed by atoms with van der Waals surface area (Å²) in [4.78, 5) is 0. The predicted molar refractivity (Wildman–Crippen MR) is 83.2 cm³/mol. The molecule has 0 bridgehead atoms. The van der Waals surface area contributed by atoms with Crippen LogP contribution in [0.5, 0.6) is 5.75 Å². The number of hydrogen-bond donors (Lipinski definition) is 1. The minimum Gasteiger partial charge on any atom is -0.490 e. The van der Waals surface area contributed by atoms with E-state index in [0.29, 0.717) is 50.4 Å². The fourth-order valence-corrected chi connectivity index (χ4v) is 1.91. The summed E-state index contributed by atoms with van der Waals surface area (Å²) < 4.78 is 21.1. The number of ether oxygens (including phenoxy) is 4. The van der Waals surface area contributed by atoms with Gasteiger partial charge in [0.2, 0.25) is 0 Å². The number of halogens is 1. The molecular formula is C15H24ClNO4. The zero-order valence-corrected chi connectivity index (χ0v) is 13.4. The highest BCUT2D eigenvalue weighted by Gasteiger charge is 2.02. The largest absolute Gasteiger partial charge is 0.490 e. The molecule has 21 heavy (non-hydrogen) atoms. The van der Waals surface area contributed by atoms with E-state index in [1.165, 1.54) is 0 Å². The predicted octanol–water partition coefficient (Wildman–Crippen LogP) is 2.12. The van der Waals surface area contributed by atoms with Gasteiger partial charge in [-0.1, -0.05) is 17.7 Å². The molecule has 6 heteroatoms. The SMILES string of the molecule is CNCc1ccc(OCCOCCOCCOC)c(Cl)c1. The summed E-state index contributed by atoms with van der Waals surface area (Å²) in [7, 11) is 3.54. The fraction of sp³-hybridized carbons (Fsp3) is 0.600. The number of methoxy groups -OCH3 is 1. The Hall–Kier alpha value is -0.850. The molecule has 0 unspecified atom stereocenters. The van der Waals surface area contributed by atoms with E-state index in [9.17, 15) is 0 Å². The Labute approximate surface area is 131 Å². The van der Waals surface area contributed by atoms with Crippen molar-refractivity contribution in [1.29, 1.82) is 0 Å². The molecule has 0 radical (unpaired) electrons. The average molecular weight is 318 g/mol. The van der Waals surface area contributed by atoms with Gasteiger partial charge in [-0.2, -0.15) is 0 Å². The van der Waals surface area contributed by atoms with Crippen LogP contribution in [0.25, 0.3) is 0 Å². The Bertz CT molecular complexity index is 390. The molecule has 5 nitrogen and oxygen atoms in total. The van der Waals surface area contributed by atoms with Crippen molar-refractivity contribution < 1.29 is 18.9 Å². The van der Waals surface area contributed by atoms with Crippen molar-refractivity contribution in [2.24, 2.45) is 0 Å². The van der Waals surface area contributed by atoms with Crippen LogP contribution in [0.1, 0.15) is 5.56 Å². The average Bonchev–Trinajstić information content (AvgIpc) is 2.48. The van der Waals surface area contributed by atoms with Gasteiger partial charge in [0.05, 0.1) is 38.1 Å². The molecule has 1 aromatic rings. The monoisotopic (exact) mass is 317 g/mol. The molecule has 0 saturated heterocycles. The minimum absolute atomic E-state index is 0.461. The molecule has 0 aliphatic heterocycles. The lowest BCUT2D eigenvalue weighted by Gasteiger charge is -2.10. The first-order valence-corrected chi connectivity index (χ1v) is 7.36. The standard InChI is InChI=1S/C15H24ClNO4/c1-17-12-13-3-4-15(14(16)11-13)21-10-9-20-8-7-19-6-5-18-2/h3-4,11,17H,5-10,12H2,1-2H3. The normalized spacial score (nSPS) is 10.8. The van der Waals surface area contributed by atoms with Crippen LogP contribution in [0.15, 0.2) is 18.2 Å². The molecule has 120 valence electrons. The van der Waals surface area contributed by atoms with E-state index in [-0.39, 0.29) is 0 Å². The molecule has 0 saturated carbocycles. The second kappa shape index (κ2) is 11.8. The first kappa shape index (κ1) is 18.2. The molecule has 0 aliphatic rings. The Kier molecular flexibility index (Phi) is 10.2. The zero-order valence-electron chi connectivity index (χ0n) is 12.7. The number of hydrogen-bond acceptors (Lipinski definition) is 5. The van der Waals surface area contributed by atoms with E-state index in [1.54, 1.807) is 7.11 Å². The lowest BCUT2D eigenvalue weighted by molar-refractivity contribution is 0.0180. The number of benzene rings is 1. The summed E-state index contributed by atoms with van der Waals surface area (Å²) in [6.45, 7) is 4.04. The Morgan fingerprint density at radius 1 is 1.00 bits per heavy atom. The zero-order chi connectivity index (χ0) is 15.3. The molecule has 1 N–H and O–H groups in total. The molecule has 0 aromatic heterocycles. The Balaban J connectivity index is 2.10. The van der Waals surface area contributed by atoms with Crippen molar-refractivity contribution in [3.8, 4) is 5.75 Å². The third-order valence-corrected chi connectivity index (χ3v) is 2.96. The van der Waals surface area contributed by atoms with Crippen molar-refractivity contribution in [2.75, 3.05) is 53.8 Å². The van der Waals surface area contributed by atoms with Gasteiger partial charge in [0.15, 0.2) is 0 Å². The third-order valence-electron chi connectivity index (χ3n) is 2.67. The maximum Gasteiger partial charge on any atom is 0.138 e. The second-order valence-electron chi connectivity index (χ2n) is 4.36. The topological polar surface area (TPSA) is 49.0 Å². The van der Waals surface area contributed by atoms with Crippen molar-refractivity contribution in [1.82, 2.24) is 5.32 Å². The number of nitrogens with one attached hydrogen (secondary N) is 1. The van der Waals surface area contributed by atoms with Crippen LogP contribution < -0.4 is 10.1 Å². The molecule has 1 rings (SSSR count). The second-order valence-corrected chi connectivity index (χ2v) is 4.77. The summed E-state index contributed by atoms with van der Waals surface area (Å²) in [6, 6.07) is 5.77. The molecular weight excluding hydrogens is 294 g/mol. The first-order chi connectivity index (χ1) is 10.3. The highest BCUT2D eigenvalue weighted by Crippen LogP contribution is 2.25. The lowest BCUT2D eigenvalue weighted by Crippen LogP contribution is -2.12. The van der Waals surface area contributed by atoms with Crippen LogP contribution in [-0.4, -0.2) is 53.8 Å². The fourth-order valence-electron chi connectivity index (χ4n) is 1.65. The lowest BCUT2D eigenvalue weighted by atomic mass is 10.2. The van der Waals surface area contributed by atoms with Gasteiger partial charge in [-0.15, -0.1) is 0 Å². The molecule has 0 heterocycles. The third kappa shape index (κ3) is 8.24. The summed E-state index contributed by atoms with van der Waals surface area (Å²) >= 11 is 6.15. The number of rotatable bonds is 12. The quantitative estimate of drug-likeness (QED) is 0.598. The summed E-state index contributed by atoms with van der Waals surface area (Å²) in [5.74, 6) is 0.677. The Morgan fingerprint density at radius 3 is 2.29 bits per heavy atom. The summed E-state index contributed by atoms with van der Waals surface area (Å²) in [5.41, 5.74) is 1.12. The van der Waals surface area contributed by atoms with Crippen molar-refractivity contribution in [3.05, 3.63) is 28.8 Å². The van der Waals surface area contributed by atoms with Gasteiger partial charge in [0.25, 0.3) is 0 Å². The van der Waals surface area contributed by atoms with Gasteiger partial charge < -0.3 is 24.3 Å². The van der Waals surface area contributed by atoms with Crippen LogP contribution in [-0.2, 0) is 20.8 Å². The molecule has 0 fully saturated rings. The van der Waals surface area contributed by atoms with Crippen molar-refractivity contribution in [2.45, 2.75) is 6.54 Å². The van der Waals surface area contributed by atoms with Crippen LogP contribution in [0, 0.1) is 0 Å². The molecule has 0 aliphatic carbocycles. The van der Waals surface area contributed by atoms with Crippen LogP contribution in [0.2, 0.25) is 5.02 Å². The summed E-state index contributed by atoms with van der Waals surface area (Å²) in [5, 5.41) is 3.69. The highest BCUT2D eigenvalue weighted by atomic mass is 35.5. The van der Waals surface area contributed by atoms with E-state index in [0.717, 1.165) is 12.1 Å². The van der Waals surface area contributed by atoms with Crippen LogP contribution in [0.3, 0.4) is 0 Å². The minimum atomic E-state index is 0.461. The van der Waals surface area contributed by atoms with E-state index in [2.05, 4.69) is 5.32 Å². The van der Waals surface area contributed by atoms with Gasteiger partial charge in [0.1, 0.15) is 12.4 Å². The maximum atomic E-state index is 6.15. The van der Waals surface area contributed by atoms with Gasteiger partial charge in [0, 0.05) is 13.7 Å². The van der Waals surface area contributed by atoms with E-state index < -0.39 is 0 Å². The summed E-state index contributed by atoms with van der Waals surface area (Å²) in [6.07, 6.45) is 0.